The maximum atomic E-state index is 12.9. The first-order valence-electron chi connectivity index (χ1n) is 8.34. The number of nitrogens with zero attached hydrogens (tertiary/aromatic N) is 1. The van der Waals surface area contributed by atoms with Gasteiger partial charge < -0.3 is 14.8 Å². The third-order valence-electron chi connectivity index (χ3n) is 4.57. The number of unbranched alkanes of at least 4 members (excludes halogenated alkanes) is 1. The summed E-state index contributed by atoms with van der Waals surface area (Å²) in [6.45, 7) is 0.352. The van der Waals surface area contributed by atoms with E-state index in [1.165, 1.54) is 17.0 Å². The largest absolute Gasteiger partial charge is 0.481 e. The fourth-order valence-electron chi connectivity index (χ4n) is 3.18. The zero-order chi connectivity index (χ0) is 19.3. The summed E-state index contributed by atoms with van der Waals surface area (Å²) in [4.78, 5) is 35.5. The van der Waals surface area contributed by atoms with E-state index in [0.717, 1.165) is 12.1 Å². The van der Waals surface area contributed by atoms with E-state index in [1.807, 2.05) is 0 Å². The average molecular weight is 371 g/mol. The van der Waals surface area contributed by atoms with Gasteiger partial charge in [0.25, 0.3) is 0 Å². The van der Waals surface area contributed by atoms with E-state index in [2.05, 4.69) is 0 Å². The van der Waals surface area contributed by atoms with Crippen molar-refractivity contribution in [1.29, 1.82) is 0 Å². The summed E-state index contributed by atoms with van der Waals surface area (Å²) in [7, 11) is 0. The molecule has 1 aliphatic rings. The number of hydrogen-bond donors (Lipinski definition) is 1. The highest BCUT2D eigenvalue weighted by molar-refractivity contribution is 5.77. The molecule has 0 bridgehead atoms. The molecule has 26 heavy (non-hydrogen) atoms. The number of hydrogen-bond acceptors (Lipinski definition) is 3. The number of aldehydes is 1. The van der Waals surface area contributed by atoms with Crippen molar-refractivity contribution in [2.45, 2.75) is 37.8 Å². The third kappa shape index (κ3) is 5.06. The van der Waals surface area contributed by atoms with Crippen molar-refractivity contribution in [2.24, 2.45) is 5.92 Å². The van der Waals surface area contributed by atoms with Gasteiger partial charge in [-0.25, -0.2) is 0 Å². The fourth-order valence-corrected chi connectivity index (χ4v) is 3.18. The molecule has 0 aliphatic carbocycles. The number of benzene rings is 1. The van der Waals surface area contributed by atoms with Gasteiger partial charge in [-0.1, -0.05) is 18.2 Å². The number of carbonyl (C=O) groups is 3. The summed E-state index contributed by atoms with van der Waals surface area (Å²) >= 11 is 0. The lowest BCUT2D eigenvalue weighted by Crippen LogP contribution is -2.28. The zero-order valence-electron chi connectivity index (χ0n) is 14.0. The van der Waals surface area contributed by atoms with Crippen LogP contribution in [0.25, 0.3) is 0 Å². The van der Waals surface area contributed by atoms with Crippen LogP contribution >= 0.6 is 0 Å². The van der Waals surface area contributed by atoms with Crippen molar-refractivity contribution in [2.75, 3.05) is 13.1 Å². The van der Waals surface area contributed by atoms with Crippen molar-refractivity contribution in [3.63, 3.8) is 0 Å². The topological polar surface area (TPSA) is 74.7 Å². The van der Waals surface area contributed by atoms with Crippen molar-refractivity contribution < 1.29 is 32.7 Å². The highest BCUT2D eigenvalue weighted by Crippen LogP contribution is 2.36. The number of carboxylic acids is 1. The van der Waals surface area contributed by atoms with E-state index in [9.17, 15) is 27.6 Å². The van der Waals surface area contributed by atoms with E-state index < -0.39 is 29.5 Å². The first-order valence-corrected chi connectivity index (χ1v) is 8.34. The third-order valence-corrected chi connectivity index (χ3v) is 4.57. The summed E-state index contributed by atoms with van der Waals surface area (Å²) in [6, 6.07) is 4.84. The van der Waals surface area contributed by atoms with Crippen molar-refractivity contribution in [3.8, 4) is 0 Å². The molecule has 1 N–H and O–H groups in total. The Morgan fingerprint density at radius 3 is 2.50 bits per heavy atom. The van der Waals surface area contributed by atoms with Crippen LogP contribution < -0.4 is 0 Å². The van der Waals surface area contributed by atoms with E-state index in [4.69, 9.17) is 5.11 Å². The van der Waals surface area contributed by atoms with E-state index in [0.29, 0.717) is 24.7 Å². The molecule has 8 heteroatoms. The van der Waals surface area contributed by atoms with Crippen LogP contribution in [0.1, 0.15) is 42.7 Å². The van der Waals surface area contributed by atoms with Gasteiger partial charge in [0.15, 0.2) is 0 Å². The van der Waals surface area contributed by atoms with Crippen LogP contribution in [-0.2, 0) is 20.6 Å². The van der Waals surface area contributed by atoms with Crippen molar-refractivity contribution in [3.05, 3.63) is 35.4 Å². The molecular weight excluding hydrogens is 351 g/mol. The van der Waals surface area contributed by atoms with E-state index in [1.54, 1.807) is 0 Å². The maximum Gasteiger partial charge on any atom is 0.416 e. The molecule has 1 aromatic carbocycles. The summed E-state index contributed by atoms with van der Waals surface area (Å²) in [5.74, 6) is -2.17. The van der Waals surface area contributed by atoms with Crippen molar-refractivity contribution >= 4 is 18.2 Å². The second-order valence-corrected chi connectivity index (χ2v) is 6.43. The normalized spacial score (nSPS) is 20.2. The lowest BCUT2D eigenvalue weighted by molar-refractivity contribution is -0.138. The molecule has 0 spiro atoms. The minimum Gasteiger partial charge on any atom is -0.481 e. The number of amides is 1. The Hall–Kier alpha value is -2.38. The number of aliphatic carboxylic acids is 1. The van der Waals surface area contributed by atoms with Gasteiger partial charge in [0.1, 0.15) is 6.29 Å². The van der Waals surface area contributed by atoms with Gasteiger partial charge in [0.05, 0.1) is 5.56 Å². The molecule has 1 amide bonds. The minimum atomic E-state index is -4.47. The molecule has 1 aromatic rings. The van der Waals surface area contributed by atoms with Gasteiger partial charge in [-0.3, -0.25) is 9.59 Å². The highest BCUT2D eigenvalue weighted by atomic mass is 19.4. The summed E-state index contributed by atoms with van der Waals surface area (Å²) in [5, 5.41) is 8.58. The summed E-state index contributed by atoms with van der Waals surface area (Å²) < 4.78 is 38.7. The Morgan fingerprint density at radius 2 is 1.88 bits per heavy atom. The second kappa shape index (κ2) is 8.33. The van der Waals surface area contributed by atoms with Gasteiger partial charge >= 0.3 is 12.1 Å². The Balaban J connectivity index is 2.03. The molecule has 1 fully saturated rings. The van der Waals surface area contributed by atoms with Crippen LogP contribution in [0, 0.1) is 5.92 Å². The Kier molecular flexibility index (Phi) is 6.39. The standard InChI is InChI=1S/C18H20F3NO4/c19-18(20,21)14-5-3-4-12(8-14)15-10-22(9-13(15)11-23)16(24)6-1-2-7-17(25)26/h3-5,8,11,13,15H,1-2,6-7,9-10H2,(H,25,26). The number of alkyl halides is 3. The Morgan fingerprint density at radius 1 is 1.19 bits per heavy atom. The molecule has 1 saturated heterocycles. The smallest absolute Gasteiger partial charge is 0.416 e. The number of likely N-dealkylation sites (tertiary alicyclic amines) is 1. The van der Waals surface area contributed by atoms with Crippen LogP contribution in [-0.4, -0.2) is 41.3 Å². The van der Waals surface area contributed by atoms with Gasteiger partial charge in [-0.15, -0.1) is 0 Å². The number of carboxylic acid groups (broad SMARTS) is 1. The molecule has 2 rings (SSSR count). The van der Waals surface area contributed by atoms with Crippen LogP contribution in [0.5, 0.6) is 0 Å². The monoisotopic (exact) mass is 371 g/mol. The number of carbonyl (C=O) groups excluding carboxylic acids is 2. The second-order valence-electron chi connectivity index (χ2n) is 6.43. The molecule has 0 saturated carbocycles. The van der Waals surface area contributed by atoms with Gasteiger partial charge in [-0.05, 0) is 24.5 Å². The molecule has 142 valence electrons. The maximum absolute atomic E-state index is 12.9. The molecular formula is C18H20F3NO4. The average Bonchev–Trinajstić information content (AvgIpc) is 3.02. The van der Waals surface area contributed by atoms with E-state index in [-0.39, 0.29) is 31.8 Å². The Bertz CT molecular complexity index is 675. The molecule has 1 heterocycles. The van der Waals surface area contributed by atoms with Gasteiger partial charge in [0.2, 0.25) is 5.91 Å². The quantitative estimate of drug-likeness (QED) is 0.590. The lowest BCUT2D eigenvalue weighted by atomic mass is 9.89. The van der Waals surface area contributed by atoms with Crippen LogP contribution in [0.3, 0.4) is 0 Å². The molecule has 5 nitrogen and oxygen atoms in total. The predicted octanol–water partition coefficient (Wildman–Crippen LogP) is 3.09. The first kappa shape index (κ1) is 19.9. The molecule has 2 unspecified atom stereocenters. The van der Waals surface area contributed by atoms with Gasteiger partial charge in [0, 0.05) is 37.8 Å². The number of halogens is 3. The van der Waals surface area contributed by atoms with Crippen LogP contribution in [0.2, 0.25) is 0 Å². The molecule has 1 aliphatic heterocycles. The van der Waals surface area contributed by atoms with E-state index >= 15 is 0 Å². The predicted molar refractivity (Wildman–Crippen MR) is 86.4 cm³/mol. The van der Waals surface area contributed by atoms with Crippen molar-refractivity contribution in [1.82, 2.24) is 4.90 Å². The zero-order valence-corrected chi connectivity index (χ0v) is 14.0. The Labute approximate surface area is 148 Å². The lowest BCUT2D eigenvalue weighted by Gasteiger charge is -2.17. The molecule has 0 radical (unpaired) electrons. The first-order chi connectivity index (χ1) is 12.2. The molecule has 0 aromatic heterocycles. The summed E-state index contributed by atoms with van der Waals surface area (Å²) in [6.07, 6.45) is -2.84. The fraction of sp³-hybridized carbons (Fsp3) is 0.500. The SMILES string of the molecule is O=CC1CN(C(=O)CCCCC(=O)O)CC1c1cccc(C(F)(F)F)c1. The number of rotatable bonds is 7. The minimum absolute atomic E-state index is 0.0168. The van der Waals surface area contributed by atoms with Crippen LogP contribution in [0.15, 0.2) is 24.3 Å². The van der Waals surface area contributed by atoms with Crippen LogP contribution in [0.4, 0.5) is 13.2 Å². The molecule has 2 atom stereocenters. The summed E-state index contributed by atoms with van der Waals surface area (Å²) in [5.41, 5.74) is -0.392. The van der Waals surface area contributed by atoms with Gasteiger partial charge in [-0.2, -0.15) is 13.2 Å². The highest BCUT2D eigenvalue weighted by Gasteiger charge is 2.37.